The molecule has 7 rings (SSSR count). The Hall–Kier alpha value is -10.5. The molecule has 1 fully saturated rings. The highest BCUT2D eigenvalue weighted by Gasteiger charge is 2.40. The molecular formula is C67H85ClN16O13. The molecule has 0 aliphatic carbocycles. The van der Waals surface area contributed by atoms with E-state index in [-0.39, 0.29) is 82.1 Å². The molecule has 0 radical (unpaired) electrons. The number of fused-ring (bicyclic) bond motifs is 2. The van der Waals surface area contributed by atoms with Crippen LogP contribution in [0.5, 0.6) is 5.75 Å². The SMILES string of the molecule is CC(=O)N[C@@H](C)C(=O)N[C@H](Cc1ccc(Cl)cc1)C(=O)N[C@H](Cc1c[nH]c2ccccc12)C(=O)N[C@@H](CO)C(=O)N[C@@H](Cc1ccc(O)cc1)C(=O)N[C@H](Cc1c[nH]c2ccccc12)C(=O)N[C@@H](CC(C)C)C(=O)N[C@@H](CCCN=C(N)N)C(=O)N1CCC[C@H]1C(=O)NCC(N)=O. The van der Waals surface area contributed by atoms with Gasteiger partial charge in [0, 0.05) is 84.9 Å². The van der Waals surface area contributed by atoms with Gasteiger partial charge in [0.05, 0.1) is 13.2 Å². The first-order chi connectivity index (χ1) is 46.3. The number of amides is 11. The number of aliphatic hydroxyl groups is 1. The largest absolute Gasteiger partial charge is 0.508 e. The molecule has 9 atom stereocenters. The van der Waals surface area contributed by atoms with Gasteiger partial charge in [0.25, 0.3) is 0 Å². The molecule has 0 unspecified atom stereocenters. The van der Waals surface area contributed by atoms with E-state index in [1.807, 2.05) is 0 Å². The Morgan fingerprint density at radius 2 is 1.04 bits per heavy atom. The molecule has 97 heavy (non-hydrogen) atoms. The Kier molecular flexibility index (Phi) is 26.9. The van der Waals surface area contributed by atoms with Crippen molar-refractivity contribution in [1.82, 2.24) is 62.7 Å². The number of primary amides is 1. The molecule has 30 heteroatoms. The van der Waals surface area contributed by atoms with Gasteiger partial charge in [-0.25, -0.2) is 0 Å². The molecule has 1 aliphatic heterocycles. The molecule has 29 nitrogen and oxygen atoms in total. The van der Waals surface area contributed by atoms with Crippen LogP contribution in [0.15, 0.2) is 114 Å². The highest BCUT2D eigenvalue weighted by atomic mass is 35.5. The van der Waals surface area contributed by atoms with Crippen molar-refractivity contribution in [3.8, 4) is 5.75 Å². The normalized spacial score (nSPS) is 15.2. The number of para-hydroxylation sites is 2. The quantitative estimate of drug-likeness (QED) is 0.0142. The fraction of sp³-hybridized carbons (Fsp3) is 0.403. The van der Waals surface area contributed by atoms with Gasteiger partial charge < -0.3 is 90.1 Å². The predicted octanol–water partition coefficient (Wildman–Crippen LogP) is -0.119. The summed E-state index contributed by atoms with van der Waals surface area (Å²) >= 11 is 6.17. The van der Waals surface area contributed by atoms with Crippen molar-refractivity contribution >= 4 is 104 Å². The van der Waals surface area contributed by atoms with Gasteiger partial charge in [0.1, 0.15) is 60.1 Å². The number of halogens is 1. The summed E-state index contributed by atoms with van der Waals surface area (Å²) in [6.07, 6.45) is 3.37. The Balaban J connectivity index is 1.17. The third kappa shape index (κ3) is 21.7. The molecule has 4 aromatic carbocycles. The lowest BCUT2D eigenvalue weighted by molar-refractivity contribution is -0.142. The van der Waals surface area contributed by atoms with Crippen LogP contribution < -0.4 is 65.1 Å². The number of carbonyl (C=O) groups excluding carboxylic acids is 11. The van der Waals surface area contributed by atoms with Gasteiger partial charge in [-0.05, 0) is 104 Å². The number of H-pyrrole nitrogens is 2. The smallest absolute Gasteiger partial charge is 0.245 e. The number of rotatable bonds is 34. The van der Waals surface area contributed by atoms with Gasteiger partial charge in [-0.3, -0.25) is 57.7 Å². The van der Waals surface area contributed by atoms with Crippen LogP contribution in [0, 0.1) is 5.92 Å². The van der Waals surface area contributed by atoms with Crippen molar-refractivity contribution in [2.75, 3.05) is 26.2 Å². The number of nitrogens with zero attached hydrogens (tertiary/aromatic N) is 2. The standard InChI is InChI=1S/C67H85ClN16O13/c1-36(2)27-50(59(90)77-49(15-9-25-72-67(70)71)66(97)84-26-10-16-56(84)65(96)75-34-57(69)88)79-62(93)53(30-41-32-73-47-13-7-5-11-45(41)47)81-61(92)52(29-40-19-23-44(87)24-20-40)80-64(95)55(35-85)83-63(94)54(31-42-33-74-48-14-8-6-12-46(42)48)82-60(91)51(28-39-17-21-43(68)22-18-39)78-58(89)37(3)76-38(4)86/h5-8,11-14,17-24,32-33,36-37,49-56,73-74,85,87H,9-10,15-16,25-31,34-35H2,1-4H3,(H2,69,88)(H,75,96)(H,76,86)(H,77,90)(H,78,89)(H,79,93)(H,80,95)(H,81,92)(H,82,91)(H,83,94)(H4,70,71,72)/t37-,49-,50-,51+,52-,53+,54+,55-,56-/m0/s1. The summed E-state index contributed by atoms with van der Waals surface area (Å²) in [5, 5.41) is 46.8. The second kappa shape index (κ2) is 35.3. The Morgan fingerprint density at radius 1 is 0.588 bits per heavy atom. The summed E-state index contributed by atoms with van der Waals surface area (Å²) < 4.78 is 0. The van der Waals surface area contributed by atoms with Crippen molar-refractivity contribution in [3.05, 3.63) is 137 Å². The molecule has 0 saturated carbocycles. The first-order valence-corrected chi connectivity index (χ1v) is 32.2. The number of nitrogens with one attached hydrogen (secondary N) is 11. The fourth-order valence-electron chi connectivity index (χ4n) is 11.4. The maximum atomic E-state index is 15.1. The number of benzene rings is 4. The number of guanidine groups is 1. The molecule has 3 heterocycles. The topological polar surface area (TPSA) is 462 Å². The van der Waals surface area contributed by atoms with Crippen LogP contribution in [-0.4, -0.2) is 177 Å². The second-order valence-electron chi connectivity index (χ2n) is 24.3. The lowest BCUT2D eigenvalue weighted by atomic mass is 9.99. The van der Waals surface area contributed by atoms with Crippen LogP contribution in [0.3, 0.4) is 0 Å². The molecule has 11 amide bonds. The Morgan fingerprint density at radius 3 is 1.54 bits per heavy atom. The van der Waals surface area contributed by atoms with Crippen molar-refractivity contribution < 1.29 is 63.0 Å². The third-order valence-corrected chi connectivity index (χ3v) is 16.5. The van der Waals surface area contributed by atoms with E-state index >= 15 is 9.59 Å². The number of aromatic amines is 2. The van der Waals surface area contributed by atoms with E-state index in [1.54, 1.807) is 99.0 Å². The van der Waals surface area contributed by atoms with Crippen LogP contribution in [0.2, 0.25) is 5.02 Å². The van der Waals surface area contributed by atoms with Gasteiger partial charge >= 0.3 is 0 Å². The number of hydrogen-bond donors (Lipinski definition) is 16. The summed E-state index contributed by atoms with van der Waals surface area (Å²) in [7, 11) is 0. The van der Waals surface area contributed by atoms with Crippen LogP contribution in [0.1, 0.15) is 82.1 Å². The molecule has 1 saturated heterocycles. The molecule has 2 aromatic heterocycles. The van der Waals surface area contributed by atoms with Crippen molar-refractivity contribution in [2.45, 2.75) is 140 Å². The molecule has 6 aromatic rings. The van der Waals surface area contributed by atoms with E-state index in [1.165, 1.54) is 43.0 Å². The highest BCUT2D eigenvalue weighted by molar-refractivity contribution is 6.30. The zero-order chi connectivity index (χ0) is 70.5. The minimum absolute atomic E-state index is 0.0121. The molecule has 0 spiro atoms. The maximum Gasteiger partial charge on any atom is 0.245 e. The van der Waals surface area contributed by atoms with Gasteiger partial charge in [0.15, 0.2) is 5.96 Å². The summed E-state index contributed by atoms with van der Waals surface area (Å²) in [5.41, 5.74) is 19.9. The van der Waals surface area contributed by atoms with E-state index in [0.717, 1.165) is 0 Å². The van der Waals surface area contributed by atoms with Crippen LogP contribution in [-0.2, 0) is 78.4 Å². The van der Waals surface area contributed by atoms with Crippen molar-refractivity contribution in [2.24, 2.45) is 28.1 Å². The summed E-state index contributed by atoms with van der Waals surface area (Å²) in [6, 6.07) is 14.0. The average Bonchev–Trinajstić information content (AvgIpc) is 1.70. The minimum Gasteiger partial charge on any atom is -0.508 e. The van der Waals surface area contributed by atoms with Gasteiger partial charge in [0.2, 0.25) is 65.0 Å². The number of phenols is 1. The number of nitrogens with two attached hydrogens (primary N) is 3. The number of carbonyl (C=O) groups is 11. The lowest BCUT2D eigenvalue weighted by Crippen LogP contribution is -2.61. The molecular weight excluding hydrogens is 1270 g/mol. The highest BCUT2D eigenvalue weighted by Crippen LogP contribution is 2.24. The Bertz CT molecular complexity index is 3820. The van der Waals surface area contributed by atoms with Crippen LogP contribution in [0.25, 0.3) is 21.8 Å². The van der Waals surface area contributed by atoms with Crippen molar-refractivity contribution in [3.63, 3.8) is 0 Å². The summed E-state index contributed by atoms with van der Waals surface area (Å²) in [4.78, 5) is 165. The first kappa shape index (κ1) is 73.9. The maximum absolute atomic E-state index is 15.1. The van der Waals surface area contributed by atoms with Gasteiger partial charge in [-0.1, -0.05) is 86.1 Å². The van der Waals surface area contributed by atoms with Gasteiger partial charge in [-0.2, -0.15) is 0 Å². The number of aromatic hydroxyl groups is 1. The third-order valence-electron chi connectivity index (χ3n) is 16.3. The van der Waals surface area contributed by atoms with E-state index in [9.17, 15) is 53.4 Å². The molecule has 0 bridgehead atoms. The lowest BCUT2D eigenvalue weighted by Gasteiger charge is -2.30. The zero-order valence-corrected chi connectivity index (χ0v) is 55.0. The van der Waals surface area contributed by atoms with Crippen LogP contribution >= 0.6 is 11.6 Å². The molecule has 1 aliphatic rings. The van der Waals surface area contributed by atoms with E-state index < -0.39 is 133 Å². The molecule has 19 N–H and O–H groups in total. The summed E-state index contributed by atoms with van der Waals surface area (Å²) in [6.45, 7) is 4.95. The number of aromatic nitrogens is 2. The first-order valence-electron chi connectivity index (χ1n) is 31.8. The predicted molar refractivity (Wildman–Crippen MR) is 361 cm³/mol. The fourth-order valence-corrected chi connectivity index (χ4v) is 11.5. The molecule has 518 valence electrons. The zero-order valence-electron chi connectivity index (χ0n) is 54.2. The Labute approximate surface area is 564 Å². The number of likely N-dealkylation sites (tertiary alicyclic amines) is 1. The summed E-state index contributed by atoms with van der Waals surface area (Å²) in [5.74, 6) is -9.34. The minimum atomic E-state index is -1.81. The number of aliphatic imine (C=N–C) groups is 1. The van der Waals surface area contributed by atoms with E-state index in [2.05, 4.69) is 62.8 Å². The van der Waals surface area contributed by atoms with Gasteiger partial charge in [-0.15, -0.1) is 0 Å². The second-order valence-corrected chi connectivity index (χ2v) is 24.7. The average molecular weight is 1360 g/mol. The van der Waals surface area contributed by atoms with Crippen LogP contribution in [0.4, 0.5) is 0 Å². The van der Waals surface area contributed by atoms with E-state index in [4.69, 9.17) is 28.8 Å². The monoisotopic (exact) mass is 1360 g/mol. The number of hydrogen-bond acceptors (Lipinski definition) is 14. The number of aliphatic hydroxyl groups excluding tert-OH is 1. The van der Waals surface area contributed by atoms with Crippen molar-refractivity contribution in [1.29, 1.82) is 0 Å². The number of phenolic OH excluding ortho intramolecular Hbond substituents is 1. The van der Waals surface area contributed by atoms with E-state index in [0.29, 0.717) is 55.5 Å².